The van der Waals surface area contributed by atoms with E-state index in [-0.39, 0.29) is 11.3 Å². The SMILES string of the molecule is COc1ccc(Nc2ncc(NC(=O)c3ccc(N(CS(C)(=O)=O)S(=O)[O-])cc3)s2)cc1. The molecule has 1 unspecified atom stereocenters. The van der Waals surface area contributed by atoms with Crippen molar-refractivity contribution >= 4 is 59.9 Å². The Hall–Kier alpha value is -3.00. The Morgan fingerprint density at radius 3 is 2.41 bits per heavy atom. The van der Waals surface area contributed by atoms with Gasteiger partial charge in [0, 0.05) is 34.5 Å². The summed E-state index contributed by atoms with van der Waals surface area (Å²) in [4.78, 5) is 16.7. The van der Waals surface area contributed by atoms with Gasteiger partial charge in [-0.25, -0.2) is 13.4 Å². The van der Waals surface area contributed by atoms with Crippen LogP contribution in [0.5, 0.6) is 5.75 Å². The first kappa shape index (κ1) is 23.7. The minimum atomic E-state index is -3.57. The summed E-state index contributed by atoms with van der Waals surface area (Å²) in [5, 5.41) is 6.93. The minimum Gasteiger partial charge on any atom is -0.755 e. The lowest BCUT2D eigenvalue weighted by Gasteiger charge is -2.25. The zero-order valence-electron chi connectivity index (χ0n) is 17.0. The maximum absolute atomic E-state index is 12.5. The van der Waals surface area contributed by atoms with Crippen LogP contribution in [0, 0.1) is 0 Å². The number of carbonyl (C=O) groups is 1. The van der Waals surface area contributed by atoms with Gasteiger partial charge in [0.1, 0.15) is 16.6 Å². The van der Waals surface area contributed by atoms with Gasteiger partial charge in [-0.1, -0.05) is 11.3 Å². The molecular weight excluding hydrogens is 476 g/mol. The number of anilines is 4. The lowest BCUT2D eigenvalue weighted by Crippen LogP contribution is -2.31. The van der Waals surface area contributed by atoms with Gasteiger partial charge in [0.25, 0.3) is 5.91 Å². The molecule has 1 heterocycles. The molecule has 0 aliphatic rings. The molecule has 0 saturated heterocycles. The molecule has 3 rings (SSSR count). The maximum Gasteiger partial charge on any atom is 0.256 e. The number of benzene rings is 2. The second-order valence-electron chi connectivity index (χ2n) is 6.53. The predicted octanol–water partition coefficient (Wildman–Crippen LogP) is 2.75. The highest BCUT2D eigenvalue weighted by Gasteiger charge is 2.15. The number of methoxy groups -OCH3 is 1. The van der Waals surface area contributed by atoms with Crippen molar-refractivity contribution in [1.29, 1.82) is 0 Å². The number of thiazole rings is 1. The van der Waals surface area contributed by atoms with Crippen LogP contribution in [0.1, 0.15) is 10.4 Å². The Labute approximate surface area is 191 Å². The molecule has 170 valence electrons. The topological polar surface area (TPSA) is 141 Å². The molecule has 0 aliphatic heterocycles. The number of sulfone groups is 1. The second-order valence-corrected chi connectivity index (χ2v) is 10.5. The van der Waals surface area contributed by atoms with Gasteiger partial charge in [-0.3, -0.25) is 13.3 Å². The maximum atomic E-state index is 12.5. The molecule has 3 aromatic rings. The van der Waals surface area contributed by atoms with Gasteiger partial charge in [-0.2, -0.15) is 0 Å². The summed E-state index contributed by atoms with van der Waals surface area (Å²) in [7, 11) is -1.99. The van der Waals surface area contributed by atoms with Crippen LogP contribution in [0.25, 0.3) is 0 Å². The van der Waals surface area contributed by atoms with Crippen molar-refractivity contribution in [3.05, 3.63) is 60.3 Å². The predicted molar refractivity (Wildman–Crippen MR) is 124 cm³/mol. The summed E-state index contributed by atoms with van der Waals surface area (Å²) in [5.41, 5.74) is 1.20. The second kappa shape index (κ2) is 10.1. The van der Waals surface area contributed by atoms with Crippen molar-refractivity contribution in [2.24, 2.45) is 0 Å². The molecule has 1 amide bonds. The van der Waals surface area contributed by atoms with Gasteiger partial charge < -0.3 is 19.9 Å². The van der Waals surface area contributed by atoms with Crippen LogP contribution >= 0.6 is 11.3 Å². The summed E-state index contributed by atoms with van der Waals surface area (Å²) >= 11 is -1.55. The van der Waals surface area contributed by atoms with Gasteiger partial charge in [0.2, 0.25) is 0 Å². The number of nitrogens with zero attached hydrogens (tertiary/aromatic N) is 2. The molecule has 1 aromatic heterocycles. The van der Waals surface area contributed by atoms with Crippen molar-refractivity contribution in [3.8, 4) is 5.75 Å². The van der Waals surface area contributed by atoms with E-state index in [0.29, 0.717) is 14.4 Å². The number of ether oxygens (including phenoxy) is 1. The van der Waals surface area contributed by atoms with Crippen LogP contribution in [0.3, 0.4) is 0 Å². The van der Waals surface area contributed by atoms with Gasteiger partial charge in [0.15, 0.2) is 15.0 Å². The Bertz CT molecular complexity index is 1210. The highest BCUT2D eigenvalue weighted by molar-refractivity contribution is 7.92. The number of aromatic nitrogens is 1. The van der Waals surface area contributed by atoms with E-state index >= 15 is 0 Å². The van der Waals surface area contributed by atoms with E-state index in [0.717, 1.165) is 17.7 Å². The molecule has 13 heteroatoms. The van der Waals surface area contributed by atoms with Crippen LogP contribution in [-0.2, 0) is 21.1 Å². The van der Waals surface area contributed by atoms with Crippen LogP contribution in [-0.4, -0.2) is 47.3 Å². The third-order valence-corrected chi connectivity index (χ3v) is 6.45. The van der Waals surface area contributed by atoms with Crippen LogP contribution in [0.15, 0.2) is 54.7 Å². The van der Waals surface area contributed by atoms with E-state index in [2.05, 4.69) is 15.6 Å². The minimum absolute atomic E-state index is 0.129. The molecule has 0 radical (unpaired) electrons. The van der Waals surface area contributed by atoms with Gasteiger partial charge >= 0.3 is 0 Å². The number of hydrogen-bond acceptors (Lipinski definition) is 9. The Balaban J connectivity index is 1.65. The Morgan fingerprint density at radius 1 is 1.19 bits per heavy atom. The fraction of sp³-hybridized carbons (Fsp3) is 0.158. The third kappa shape index (κ3) is 6.50. The molecule has 10 nitrogen and oxygen atoms in total. The molecule has 0 spiro atoms. The lowest BCUT2D eigenvalue weighted by atomic mass is 10.2. The van der Waals surface area contributed by atoms with Crippen LogP contribution in [0.4, 0.5) is 21.5 Å². The fourth-order valence-electron chi connectivity index (χ4n) is 2.57. The normalized spacial score (nSPS) is 12.1. The molecule has 32 heavy (non-hydrogen) atoms. The van der Waals surface area contributed by atoms with E-state index in [4.69, 9.17) is 4.74 Å². The van der Waals surface area contributed by atoms with Crippen LogP contribution in [0.2, 0.25) is 0 Å². The number of amides is 1. The Kier molecular flexibility index (Phi) is 7.45. The molecule has 2 N–H and O–H groups in total. The number of rotatable bonds is 9. The molecular formula is C19H19N4O6S3-. The summed E-state index contributed by atoms with van der Waals surface area (Å²) < 4.78 is 51.4. The van der Waals surface area contributed by atoms with Crippen LogP contribution < -0.4 is 19.7 Å². The fourth-order valence-corrected chi connectivity index (χ4v) is 5.09. The van der Waals surface area contributed by atoms with E-state index in [1.54, 1.807) is 7.11 Å². The quantitative estimate of drug-likeness (QED) is 0.432. The molecule has 0 saturated carbocycles. The lowest BCUT2D eigenvalue weighted by molar-refractivity contribution is 0.102. The van der Waals surface area contributed by atoms with E-state index in [9.17, 15) is 22.0 Å². The summed E-state index contributed by atoms with van der Waals surface area (Å²) in [5.74, 6) is -0.386. The van der Waals surface area contributed by atoms with Crippen molar-refractivity contribution in [3.63, 3.8) is 0 Å². The first-order valence-electron chi connectivity index (χ1n) is 8.97. The zero-order valence-corrected chi connectivity index (χ0v) is 19.4. The first-order chi connectivity index (χ1) is 15.1. The van der Waals surface area contributed by atoms with E-state index < -0.39 is 32.9 Å². The number of nitrogens with one attached hydrogen (secondary N) is 2. The van der Waals surface area contributed by atoms with Crippen molar-refractivity contribution < 1.29 is 26.7 Å². The average molecular weight is 496 g/mol. The Morgan fingerprint density at radius 2 is 1.84 bits per heavy atom. The monoisotopic (exact) mass is 495 g/mol. The molecule has 0 fully saturated rings. The van der Waals surface area contributed by atoms with E-state index in [1.807, 2.05) is 24.3 Å². The van der Waals surface area contributed by atoms with Gasteiger partial charge in [-0.05, 0) is 48.5 Å². The van der Waals surface area contributed by atoms with Crippen molar-refractivity contribution in [2.45, 2.75) is 0 Å². The summed E-state index contributed by atoms with van der Waals surface area (Å²) in [6, 6.07) is 12.8. The van der Waals surface area contributed by atoms with Crippen molar-refractivity contribution in [1.82, 2.24) is 4.98 Å². The number of carbonyl (C=O) groups excluding carboxylic acids is 1. The summed E-state index contributed by atoms with van der Waals surface area (Å²) in [6.45, 7) is 0. The highest BCUT2D eigenvalue weighted by atomic mass is 32.2. The molecule has 0 aliphatic carbocycles. The number of hydrogen-bond donors (Lipinski definition) is 2. The molecule has 0 bridgehead atoms. The average Bonchev–Trinajstić information content (AvgIpc) is 3.18. The summed E-state index contributed by atoms with van der Waals surface area (Å²) in [6.07, 6.45) is 2.44. The molecule has 2 aromatic carbocycles. The third-order valence-electron chi connectivity index (χ3n) is 4.03. The smallest absolute Gasteiger partial charge is 0.256 e. The largest absolute Gasteiger partial charge is 0.755 e. The van der Waals surface area contributed by atoms with Gasteiger partial charge in [0.05, 0.1) is 13.3 Å². The first-order valence-corrected chi connectivity index (χ1v) is 12.9. The van der Waals surface area contributed by atoms with E-state index in [1.165, 1.54) is 41.8 Å². The highest BCUT2D eigenvalue weighted by Crippen LogP contribution is 2.27. The zero-order chi connectivity index (χ0) is 23.3. The van der Waals surface area contributed by atoms with Crippen molar-refractivity contribution in [2.75, 3.05) is 34.2 Å². The molecule has 1 atom stereocenters. The van der Waals surface area contributed by atoms with Gasteiger partial charge in [-0.15, -0.1) is 0 Å². The standard InChI is InChI=1S/C19H20N4O6S3/c1-29-16-9-5-14(6-10-16)21-19-20-11-17(30-19)22-18(24)13-3-7-15(8-4-13)23(31(25)26)12-32(2,27)28/h3-11H,12H2,1-2H3,(H,20,21)(H,22,24)(H,25,26)/p-1.